The van der Waals surface area contributed by atoms with Gasteiger partial charge in [-0.2, -0.15) is 0 Å². The van der Waals surface area contributed by atoms with Crippen LogP contribution >= 0.6 is 31.9 Å². The van der Waals surface area contributed by atoms with E-state index in [-0.39, 0.29) is 0 Å². The van der Waals surface area contributed by atoms with Crippen molar-refractivity contribution in [3.05, 3.63) is 34.3 Å². The van der Waals surface area contributed by atoms with Crippen molar-refractivity contribution in [2.75, 3.05) is 0 Å². The predicted octanol–water partition coefficient (Wildman–Crippen LogP) is 5.05. The summed E-state index contributed by atoms with van der Waals surface area (Å²) in [6.45, 7) is 6.83. The number of hydrogen-bond donors (Lipinski definition) is 0. The summed E-state index contributed by atoms with van der Waals surface area (Å²) in [5.41, 5.74) is 1.41. The van der Waals surface area contributed by atoms with Gasteiger partial charge in [0, 0.05) is 9.30 Å². The predicted molar refractivity (Wildman–Crippen MR) is 74.6 cm³/mol. The van der Waals surface area contributed by atoms with Gasteiger partial charge in [0.25, 0.3) is 0 Å². The van der Waals surface area contributed by atoms with Crippen molar-refractivity contribution >= 4 is 31.9 Å². The van der Waals surface area contributed by atoms with Gasteiger partial charge in [0.15, 0.2) is 0 Å². The van der Waals surface area contributed by atoms with Crippen LogP contribution in [0.15, 0.2) is 28.7 Å². The third-order valence-corrected chi connectivity index (χ3v) is 5.14. The van der Waals surface area contributed by atoms with Crippen LogP contribution in [-0.4, -0.2) is 4.83 Å². The summed E-state index contributed by atoms with van der Waals surface area (Å²) < 4.78 is 1.15. The highest BCUT2D eigenvalue weighted by Crippen LogP contribution is 2.24. The maximum absolute atomic E-state index is 3.77. The lowest BCUT2D eigenvalue weighted by molar-refractivity contribution is 0.461. The molecule has 0 saturated heterocycles. The monoisotopic (exact) mass is 332 g/mol. The molecule has 0 N–H and O–H groups in total. The average molecular weight is 334 g/mol. The number of halogens is 2. The molecule has 0 aromatic heterocycles. The van der Waals surface area contributed by atoms with E-state index >= 15 is 0 Å². The van der Waals surface area contributed by atoms with Crippen LogP contribution in [0.5, 0.6) is 0 Å². The molecular weight excluding hydrogens is 316 g/mol. The second-order valence-electron chi connectivity index (χ2n) is 4.50. The molecule has 0 bridgehead atoms. The Morgan fingerprint density at radius 2 is 1.60 bits per heavy atom. The van der Waals surface area contributed by atoms with Gasteiger partial charge in [0.1, 0.15) is 0 Å². The number of alkyl halides is 1. The first-order valence-electron chi connectivity index (χ1n) is 5.39. The summed E-state index contributed by atoms with van der Waals surface area (Å²) in [6, 6.07) is 8.61. The van der Waals surface area contributed by atoms with Crippen molar-refractivity contribution < 1.29 is 0 Å². The highest BCUT2D eigenvalue weighted by Gasteiger charge is 2.17. The van der Waals surface area contributed by atoms with E-state index in [1.807, 2.05) is 0 Å². The second kappa shape index (κ2) is 6.05. The van der Waals surface area contributed by atoms with Gasteiger partial charge in [-0.15, -0.1) is 0 Å². The van der Waals surface area contributed by atoms with E-state index in [0.29, 0.717) is 16.7 Å². The van der Waals surface area contributed by atoms with Crippen LogP contribution in [0.25, 0.3) is 0 Å². The van der Waals surface area contributed by atoms with Crippen molar-refractivity contribution in [1.29, 1.82) is 0 Å². The first kappa shape index (κ1) is 13.2. The first-order valence-corrected chi connectivity index (χ1v) is 7.10. The Balaban J connectivity index is 2.58. The third kappa shape index (κ3) is 4.28. The second-order valence-corrected chi connectivity index (χ2v) is 6.47. The number of benzene rings is 1. The van der Waals surface area contributed by atoms with Crippen molar-refractivity contribution in [2.45, 2.75) is 32.0 Å². The molecule has 0 aliphatic rings. The molecule has 0 aliphatic carbocycles. The molecule has 2 heteroatoms. The Morgan fingerprint density at radius 1 is 1.07 bits per heavy atom. The minimum atomic E-state index is 0.598. The van der Waals surface area contributed by atoms with E-state index in [9.17, 15) is 0 Å². The highest BCUT2D eigenvalue weighted by atomic mass is 79.9. The van der Waals surface area contributed by atoms with Gasteiger partial charge in [0.05, 0.1) is 0 Å². The van der Waals surface area contributed by atoms with Gasteiger partial charge in [-0.1, -0.05) is 64.8 Å². The minimum Gasteiger partial charge on any atom is -0.0885 e. The molecule has 1 aromatic rings. The molecule has 1 rings (SSSR count). The van der Waals surface area contributed by atoms with Crippen molar-refractivity contribution in [3.63, 3.8) is 0 Å². The molecular formula is C13H18Br2. The van der Waals surface area contributed by atoms with Crippen molar-refractivity contribution in [1.82, 2.24) is 0 Å². The summed E-state index contributed by atoms with van der Waals surface area (Å²) in [5, 5.41) is 0. The van der Waals surface area contributed by atoms with Crippen LogP contribution < -0.4 is 0 Å². The summed E-state index contributed by atoms with van der Waals surface area (Å²) in [5.74, 6) is 1.36. The van der Waals surface area contributed by atoms with E-state index < -0.39 is 0 Å². The van der Waals surface area contributed by atoms with Crippen LogP contribution in [0.2, 0.25) is 0 Å². The molecule has 1 aromatic carbocycles. The molecule has 0 heterocycles. The molecule has 0 nitrogen and oxygen atoms in total. The standard InChI is InChI=1S/C13H18Br2/c1-9(2)13(15)10(3)8-11-4-6-12(14)7-5-11/h4-7,9-10,13H,8H2,1-3H3. The molecule has 0 fully saturated rings. The maximum Gasteiger partial charge on any atom is 0.0197 e. The minimum absolute atomic E-state index is 0.598. The maximum atomic E-state index is 3.77. The van der Waals surface area contributed by atoms with E-state index in [0.717, 1.165) is 10.9 Å². The average Bonchev–Trinajstić information content (AvgIpc) is 2.20. The molecule has 0 saturated carbocycles. The summed E-state index contributed by atoms with van der Waals surface area (Å²) in [6.07, 6.45) is 1.14. The molecule has 2 atom stereocenters. The Bertz CT molecular complexity index is 290. The SMILES string of the molecule is CC(C)C(Br)C(C)Cc1ccc(Br)cc1. The topological polar surface area (TPSA) is 0 Å². The van der Waals surface area contributed by atoms with Crippen LogP contribution in [0.3, 0.4) is 0 Å². The van der Waals surface area contributed by atoms with Crippen LogP contribution in [0.4, 0.5) is 0 Å². The Labute approximate surface area is 110 Å². The van der Waals surface area contributed by atoms with E-state index in [1.165, 1.54) is 5.56 Å². The van der Waals surface area contributed by atoms with E-state index in [4.69, 9.17) is 0 Å². The largest absolute Gasteiger partial charge is 0.0885 e. The molecule has 84 valence electrons. The summed E-state index contributed by atoms with van der Waals surface area (Å²) >= 11 is 7.22. The number of hydrogen-bond acceptors (Lipinski definition) is 0. The Kier molecular flexibility index (Phi) is 5.34. The quantitative estimate of drug-likeness (QED) is 0.676. The molecule has 0 amide bonds. The molecule has 0 radical (unpaired) electrons. The third-order valence-electron chi connectivity index (χ3n) is 2.65. The van der Waals surface area contributed by atoms with Gasteiger partial charge < -0.3 is 0 Å². The Hall–Kier alpha value is 0.180. The van der Waals surface area contributed by atoms with E-state index in [1.54, 1.807) is 0 Å². The fourth-order valence-corrected chi connectivity index (χ4v) is 2.21. The molecule has 0 spiro atoms. The first-order chi connectivity index (χ1) is 7.00. The molecule has 2 unspecified atom stereocenters. The van der Waals surface area contributed by atoms with Crippen LogP contribution in [-0.2, 0) is 6.42 Å². The zero-order valence-corrected chi connectivity index (χ0v) is 12.7. The number of rotatable bonds is 4. The van der Waals surface area contributed by atoms with Gasteiger partial charge in [-0.05, 0) is 36.0 Å². The normalized spacial score (nSPS) is 15.3. The zero-order valence-electron chi connectivity index (χ0n) is 9.50. The Morgan fingerprint density at radius 3 is 2.07 bits per heavy atom. The van der Waals surface area contributed by atoms with E-state index in [2.05, 4.69) is 76.9 Å². The lowest BCUT2D eigenvalue weighted by Crippen LogP contribution is -2.19. The van der Waals surface area contributed by atoms with Gasteiger partial charge >= 0.3 is 0 Å². The fraction of sp³-hybridized carbons (Fsp3) is 0.538. The molecule has 15 heavy (non-hydrogen) atoms. The van der Waals surface area contributed by atoms with Gasteiger partial charge in [-0.25, -0.2) is 0 Å². The zero-order chi connectivity index (χ0) is 11.4. The fourth-order valence-electron chi connectivity index (χ4n) is 1.76. The lowest BCUT2D eigenvalue weighted by atomic mass is 9.92. The smallest absolute Gasteiger partial charge is 0.0197 e. The van der Waals surface area contributed by atoms with Crippen LogP contribution in [0, 0.1) is 11.8 Å². The summed E-state index contributed by atoms with van der Waals surface area (Å²) in [4.78, 5) is 0.598. The van der Waals surface area contributed by atoms with Crippen molar-refractivity contribution in [3.8, 4) is 0 Å². The van der Waals surface area contributed by atoms with Crippen molar-refractivity contribution in [2.24, 2.45) is 11.8 Å². The van der Waals surface area contributed by atoms with Crippen LogP contribution in [0.1, 0.15) is 26.3 Å². The highest BCUT2D eigenvalue weighted by molar-refractivity contribution is 9.10. The molecule has 0 aliphatic heterocycles. The van der Waals surface area contributed by atoms with Gasteiger partial charge in [0.2, 0.25) is 0 Å². The summed E-state index contributed by atoms with van der Waals surface area (Å²) in [7, 11) is 0. The lowest BCUT2D eigenvalue weighted by Gasteiger charge is -2.21. The van der Waals surface area contributed by atoms with Gasteiger partial charge in [-0.3, -0.25) is 0 Å².